The summed E-state index contributed by atoms with van der Waals surface area (Å²) in [6, 6.07) is 21.9. The van der Waals surface area contributed by atoms with E-state index in [0.29, 0.717) is 18.5 Å². The molecule has 3 aromatic carbocycles. The Morgan fingerprint density at radius 1 is 1.03 bits per heavy atom. The number of benzene rings is 3. The molecule has 1 aromatic heterocycles. The van der Waals surface area contributed by atoms with Crippen LogP contribution in [-0.4, -0.2) is 21.1 Å². The largest absolute Gasteiger partial charge is 0.489 e. The molecule has 1 atom stereocenters. The van der Waals surface area contributed by atoms with Crippen LogP contribution in [0.3, 0.4) is 0 Å². The highest BCUT2D eigenvalue weighted by atomic mass is 19.1. The molecule has 2 aliphatic rings. The third-order valence-electron chi connectivity index (χ3n) is 6.98. The van der Waals surface area contributed by atoms with Crippen LogP contribution in [0.5, 0.6) is 5.75 Å². The van der Waals surface area contributed by atoms with E-state index in [-0.39, 0.29) is 18.6 Å². The molecule has 0 amide bonds. The molecule has 0 saturated heterocycles. The van der Waals surface area contributed by atoms with Gasteiger partial charge in [-0.2, -0.15) is 0 Å². The fraction of sp³-hybridized carbons (Fsp3) is 0.259. The van der Waals surface area contributed by atoms with Crippen molar-refractivity contribution < 1.29 is 14.2 Å². The number of aliphatic hydroxyl groups is 1. The van der Waals surface area contributed by atoms with Crippen LogP contribution in [0.15, 0.2) is 66.7 Å². The summed E-state index contributed by atoms with van der Waals surface area (Å²) in [4.78, 5) is 2.45. The van der Waals surface area contributed by atoms with Crippen LogP contribution in [0, 0.1) is 5.82 Å². The Kier molecular flexibility index (Phi) is 4.74. The average molecular weight is 429 g/mol. The first-order valence-electron chi connectivity index (χ1n) is 11.2. The van der Waals surface area contributed by atoms with Crippen LogP contribution in [-0.2, 0) is 32.7 Å². The highest BCUT2D eigenvalue weighted by Gasteiger charge is 2.35. The lowest BCUT2D eigenvalue weighted by Gasteiger charge is -2.41. The Morgan fingerprint density at radius 2 is 1.91 bits per heavy atom. The predicted molar refractivity (Wildman–Crippen MR) is 122 cm³/mol. The zero-order valence-corrected chi connectivity index (χ0v) is 17.8. The lowest BCUT2D eigenvalue weighted by atomic mass is 9.85. The minimum absolute atomic E-state index is 0.137. The number of ether oxygens (including phenoxy) is 1. The predicted octanol–water partition coefficient (Wildman–Crippen LogP) is 4.96. The first-order chi connectivity index (χ1) is 15.7. The highest BCUT2D eigenvalue weighted by Crippen LogP contribution is 2.43. The molecule has 6 rings (SSSR count). The van der Waals surface area contributed by atoms with Gasteiger partial charge in [-0.05, 0) is 59.4 Å². The molecule has 2 aliphatic heterocycles. The summed E-state index contributed by atoms with van der Waals surface area (Å²) in [5.41, 5.74) is 6.58. The lowest BCUT2D eigenvalue weighted by Crippen LogP contribution is -2.39. The minimum atomic E-state index is -0.213. The molecule has 4 nitrogen and oxygen atoms in total. The molecule has 0 spiro atoms. The topological polar surface area (TPSA) is 37.6 Å². The summed E-state index contributed by atoms with van der Waals surface area (Å²) >= 11 is 0. The molecule has 3 heterocycles. The number of nitrogens with zero attached hydrogens (tertiary/aromatic N) is 2. The number of hydrogen-bond acceptors (Lipinski definition) is 3. The van der Waals surface area contributed by atoms with Crippen molar-refractivity contribution in [1.82, 2.24) is 9.47 Å². The van der Waals surface area contributed by atoms with Gasteiger partial charge < -0.3 is 14.4 Å². The fourth-order valence-corrected chi connectivity index (χ4v) is 5.42. The Labute approximate surface area is 186 Å². The van der Waals surface area contributed by atoms with Gasteiger partial charge >= 0.3 is 0 Å². The van der Waals surface area contributed by atoms with Gasteiger partial charge in [0.15, 0.2) is 0 Å². The Bertz CT molecular complexity index is 1300. The third kappa shape index (κ3) is 3.12. The molecule has 162 valence electrons. The van der Waals surface area contributed by atoms with Crippen molar-refractivity contribution in [3.8, 4) is 5.75 Å². The summed E-state index contributed by atoms with van der Waals surface area (Å²) < 4.78 is 22.8. The van der Waals surface area contributed by atoms with E-state index in [9.17, 15) is 9.50 Å². The molecule has 5 heteroatoms. The maximum absolute atomic E-state index is 14.8. The zero-order chi connectivity index (χ0) is 21.7. The second-order valence-electron chi connectivity index (χ2n) is 8.70. The van der Waals surface area contributed by atoms with E-state index in [1.54, 1.807) is 6.07 Å². The Morgan fingerprint density at radius 3 is 2.75 bits per heavy atom. The van der Waals surface area contributed by atoms with Crippen LogP contribution in [0.25, 0.3) is 10.9 Å². The van der Waals surface area contributed by atoms with Crippen LogP contribution in [0.1, 0.15) is 34.0 Å². The monoisotopic (exact) mass is 428 g/mol. The molecule has 0 aliphatic carbocycles. The van der Waals surface area contributed by atoms with E-state index in [1.807, 2.05) is 28.8 Å². The van der Waals surface area contributed by atoms with Crippen LogP contribution in [0.2, 0.25) is 0 Å². The second kappa shape index (κ2) is 7.76. The molecular formula is C27H25FN2O2. The van der Waals surface area contributed by atoms with Gasteiger partial charge in [-0.1, -0.05) is 42.5 Å². The molecule has 1 unspecified atom stereocenters. The third-order valence-corrected chi connectivity index (χ3v) is 6.98. The number of rotatable bonds is 4. The summed E-state index contributed by atoms with van der Waals surface area (Å²) in [6.07, 6.45) is 1.71. The van der Waals surface area contributed by atoms with E-state index in [0.717, 1.165) is 47.5 Å². The normalized spacial score (nSPS) is 17.6. The van der Waals surface area contributed by atoms with E-state index in [2.05, 4.69) is 35.2 Å². The second-order valence-corrected chi connectivity index (χ2v) is 8.70. The number of halogens is 1. The van der Waals surface area contributed by atoms with Gasteiger partial charge in [0.1, 0.15) is 24.9 Å². The highest BCUT2D eigenvalue weighted by molar-refractivity contribution is 5.86. The maximum Gasteiger partial charge on any atom is 0.132 e. The van der Waals surface area contributed by atoms with Crippen LogP contribution in [0.4, 0.5) is 4.39 Å². The zero-order valence-electron chi connectivity index (χ0n) is 17.8. The van der Waals surface area contributed by atoms with Crippen LogP contribution >= 0.6 is 0 Å². The smallest absolute Gasteiger partial charge is 0.132 e. The van der Waals surface area contributed by atoms with Crippen molar-refractivity contribution in [2.75, 3.05) is 6.54 Å². The van der Waals surface area contributed by atoms with Crippen molar-refractivity contribution >= 4 is 10.9 Å². The first-order valence-corrected chi connectivity index (χ1v) is 11.2. The van der Waals surface area contributed by atoms with Crippen molar-refractivity contribution in [3.05, 3.63) is 100 Å². The van der Waals surface area contributed by atoms with Gasteiger partial charge in [0, 0.05) is 30.2 Å². The summed E-state index contributed by atoms with van der Waals surface area (Å²) in [6.45, 7) is 2.06. The summed E-state index contributed by atoms with van der Waals surface area (Å²) in [5, 5.41) is 10.7. The average Bonchev–Trinajstić information content (AvgIpc) is 3.15. The standard InChI is InChI=1S/C27H25FN2O2/c28-23-7-4-8-24-27(23)22-14-25-21-13-20(32-16-18-5-2-1-3-6-18)10-9-19(21)11-12-29(25)15-26(22)30(24)17-31/h1-10,13,25,31H,11-12,14-17H2. The van der Waals surface area contributed by atoms with Crippen molar-refractivity contribution in [2.45, 2.75) is 38.8 Å². The van der Waals surface area contributed by atoms with Crippen molar-refractivity contribution in [3.63, 3.8) is 0 Å². The van der Waals surface area contributed by atoms with E-state index < -0.39 is 0 Å². The molecule has 0 fully saturated rings. The lowest BCUT2D eigenvalue weighted by molar-refractivity contribution is 0.145. The Balaban J connectivity index is 1.36. The van der Waals surface area contributed by atoms with Gasteiger partial charge in [0.2, 0.25) is 0 Å². The fourth-order valence-electron chi connectivity index (χ4n) is 5.42. The molecule has 32 heavy (non-hydrogen) atoms. The maximum atomic E-state index is 14.8. The van der Waals surface area contributed by atoms with E-state index in [1.165, 1.54) is 17.2 Å². The number of aliphatic hydroxyl groups excluding tert-OH is 1. The molecule has 4 aromatic rings. The van der Waals surface area contributed by atoms with Gasteiger partial charge in [0.05, 0.1) is 5.52 Å². The SMILES string of the molecule is OCn1c2c(c3c(F)cccc31)CC1c3cc(OCc4ccccc4)ccc3CCN1C2. The van der Waals surface area contributed by atoms with Gasteiger partial charge in [-0.25, -0.2) is 4.39 Å². The van der Waals surface area contributed by atoms with E-state index in [4.69, 9.17) is 4.74 Å². The minimum Gasteiger partial charge on any atom is -0.489 e. The molecule has 1 N–H and O–H groups in total. The Hall–Kier alpha value is -3.15. The van der Waals surface area contributed by atoms with Crippen molar-refractivity contribution in [2.24, 2.45) is 0 Å². The number of fused-ring (bicyclic) bond motifs is 6. The molecule has 0 saturated carbocycles. The summed E-state index contributed by atoms with van der Waals surface area (Å²) in [5.74, 6) is 0.652. The van der Waals surface area contributed by atoms with Crippen molar-refractivity contribution in [1.29, 1.82) is 0 Å². The van der Waals surface area contributed by atoms with Gasteiger partial charge in [0.25, 0.3) is 0 Å². The van der Waals surface area contributed by atoms with Crippen LogP contribution < -0.4 is 4.74 Å². The molecule has 0 radical (unpaired) electrons. The summed E-state index contributed by atoms with van der Waals surface area (Å²) in [7, 11) is 0. The number of hydrogen-bond donors (Lipinski definition) is 1. The molecular weight excluding hydrogens is 403 g/mol. The van der Waals surface area contributed by atoms with E-state index >= 15 is 0 Å². The first kappa shape index (κ1) is 19.5. The number of aromatic nitrogens is 1. The van der Waals surface area contributed by atoms with Gasteiger partial charge in [-0.3, -0.25) is 4.90 Å². The van der Waals surface area contributed by atoms with Gasteiger partial charge in [-0.15, -0.1) is 0 Å². The quantitative estimate of drug-likeness (QED) is 0.499. The molecule has 0 bridgehead atoms.